The van der Waals surface area contributed by atoms with Crippen molar-refractivity contribution in [3.8, 4) is 33.8 Å². The van der Waals surface area contributed by atoms with Crippen LogP contribution in [0.2, 0.25) is 0 Å². The highest BCUT2D eigenvalue weighted by Crippen LogP contribution is 2.27. The number of fused-ring (bicyclic) bond motifs is 2. The van der Waals surface area contributed by atoms with Crippen molar-refractivity contribution < 1.29 is 9.47 Å². The number of hydrogen-bond acceptors (Lipinski definition) is 5. The van der Waals surface area contributed by atoms with Crippen molar-refractivity contribution in [2.75, 3.05) is 0 Å². The summed E-state index contributed by atoms with van der Waals surface area (Å²) in [7, 11) is 0. The molecule has 46 heavy (non-hydrogen) atoms. The molecule has 0 fully saturated rings. The lowest BCUT2D eigenvalue weighted by Crippen LogP contribution is -2.03. The number of rotatable bonds is 0. The Bertz CT molecular complexity index is 1860. The molecule has 6 aromatic rings. The summed E-state index contributed by atoms with van der Waals surface area (Å²) in [6, 6.07) is 47.8. The molecule has 1 aromatic heterocycles. The second-order valence-corrected chi connectivity index (χ2v) is 11.3. The van der Waals surface area contributed by atoms with Gasteiger partial charge >= 0.3 is 0 Å². The third kappa shape index (κ3) is 7.45. The van der Waals surface area contributed by atoms with Crippen molar-refractivity contribution in [3.63, 3.8) is 0 Å². The van der Waals surface area contributed by atoms with Gasteiger partial charge in [0.05, 0.1) is 24.5 Å². The Morgan fingerprint density at radius 1 is 0.413 bits per heavy atom. The average molecular weight is 600 g/mol. The third-order valence-corrected chi connectivity index (χ3v) is 7.82. The van der Waals surface area contributed by atoms with Crippen LogP contribution in [-0.4, -0.2) is 17.4 Å². The van der Waals surface area contributed by atoms with E-state index in [9.17, 15) is 0 Å². The summed E-state index contributed by atoms with van der Waals surface area (Å²) in [5.74, 6) is 1.54. The maximum atomic E-state index is 6.08. The summed E-state index contributed by atoms with van der Waals surface area (Å²) in [4.78, 5) is 14.1. The van der Waals surface area contributed by atoms with Crippen LogP contribution in [-0.2, 0) is 26.3 Å². The van der Waals surface area contributed by atoms with Gasteiger partial charge in [-0.2, -0.15) is 0 Å². The van der Waals surface area contributed by atoms with Crippen LogP contribution in [0.15, 0.2) is 150 Å². The van der Waals surface area contributed by atoms with E-state index < -0.39 is 0 Å². The largest absolute Gasteiger partial charge is 0.487 e. The molecule has 0 saturated heterocycles. The van der Waals surface area contributed by atoms with Gasteiger partial charge < -0.3 is 9.47 Å². The van der Waals surface area contributed by atoms with E-state index >= 15 is 0 Å². The Kier molecular flexibility index (Phi) is 8.72. The van der Waals surface area contributed by atoms with Crippen LogP contribution < -0.4 is 9.47 Å². The highest BCUT2D eigenvalue weighted by molar-refractivity contribution is 5.81. The molecule has 3 aliphatic heterocycles. The van der Waals surface area contributed by atoms with E-state index in [1.165, 1.54) is 22.3 Å². The van der Waals surface area contributed by atoms with Gasteiger partial charge in [-0.15, -0.1) is 0 Å². The van der Waals surface area contributed by atoms with Gasteiger partial charge in [0, 0.05) is 12.4 Å². The number of nitrogens with zero attached hydrogens (tertiary/aromatic N) is 3. The maximum absolute atomic E-state index is 6.08. The molecule has 0 spiro atoms. The van der Waals surface area contributed by atoms with E-state index in [4.69, 9.17) is 24.4 Å². The molecule has 0 aliphatic carbocycles. The van der Waals surface area contributed by atoms with Crippen molar-refractivity contribution >= 4 is 12.4 Å². The zero-order chi connectivity index (χ0) is 31.0. The quantitative estimate of drug-likeness (QED) is 0.175. The van der Waals surface area contributed by atoms with Crippen LogP contribution in [0.4, 0.5) is 0 Å². The fraction of sp³-hybridized carbons (Fsp3) is 0.0976. The fourth-order valence-electron chi connectivity index (χ4n) is 5.37. The topological polar surface area (TPSA) is 56.1 Å². The summed E-state index contributed by atoms with van der Waals surface area (Å²) in [6.45, 7) is 1.92. The Labute approximate surface area is 269 Å². The summed E-state index contributed by atoms with van der Waals surface area (Å²) >= 11 is 0. The van der Waals surface area contributed by atoms with Crippen molar-refractivity contribution in [1.82, 2.24) is 4.98 Å². The van der Waals surface area contributed by atoms with Gasteiger partial charge in [-0.1, -0.05) is 97.1 Å². The number of aromatic nitrogens is 1. The lowest BCUT2D eigenvalue weighted by atomic mass is 9.98. The minimum absolute atomic E-state index is 0.359. The lowest BCUT2D eigenvalue weighted by molar-refractivity contribution is 0.290. The Morgan fingerprint density at radius 2 is 0.870 bits per heavy atom. The first-order valence-corrected chi connectivity index (χ1v) is 15.4. The molecule has 0 radical (unpaired) electrons. The number of hydrogen-bond donors (Lipinski definition) is 0. The average Bonchev–Trinajstić information content (AvgIpc) is 3.11. The molecule has 5 heteroatoms. The third-order valence-electron chi connectivity index (χ3n) is 7.82. The minimum atomic E-state index is 0.359. The summed E-state index contributed by atoms with van der Waals surface area (Å²) in [5.41, 5.74) is 10.7. The van der Waals surface area contributed by atoms with Crippen LogP contribution in [0.3, 0.4) is 0 Å². The maximum Gasteiger partial charge on any atom is 0.130 e. The van der Waals surface area contributed by atoms with Gasteiger partial charge in [0.15, 0.2) is 0 Å². The van der Waals surface area contributed by atoms with E-state index in [-0.39, 0.29) is 0 Å². The van der Waals surface area contributed by atoms with E-state index in [0.717, 1.165) is 45.1 Å². The molecule has 5 nitrogen and oxygen atoms in total. The van der Waals surface area contributed by atoms with Gasteiger partial charge in [-0.25, -0.2) is 0 Å². The molecule has 0 atom stereocenters. The first-order valence-electron chi connectivity index (χ1n) is 15.4. The highest BCUT2D eigenvalue weighted by Gasteiger charge is 2.05. The van der Waals surface area contributed by atoms with Crippen LogP contribution in [0, 0.1) is 0 Å². The van der Waals surface area contributed by atoms with Crippen molar-refractivity contribution in [3.05, 3.63) is 173 Å². The van der Waals surface area contributed by atoms with Crippen LogP contribution in [0.25, 0.3) is 22.3 Å². The molecular formula is C41H33N3O2. The molecule has 12 bridgehead atoms. The summed E-state index contributed by atoms with van der Waals surface area (Å²) in [5, 5.41) is 0. The van der Waals surface area contributed by atoms with Gasteiger partial charge in [0.2, 0.25) is 0 Å². The molecule has 3 aliphatic rings. The molecule has 0 amide bonds. The molecule has 0 N–H and O–H groups in total. The number of ether oxygens (including phenoxy) is 2. The second-order valence-electron chi connectivity index (χ2n) is 11.3. The lowest BCUT2D eigenvalue weighted by Gasteiger charge is -2.10. The van der Waals surface area contributed by atoms with Crippen LogP contribution in [0.5, 0.6) is 11.5 Å². The highest BCUT2D eigenvalue weighted by atomic mass is 16.5. The fourth-order valence-corrected chi connectivity index (χ4v) is 5.37. The zero-order valence-corrected chi connectivity index (χ0v) is 25.4. The first kappa shape index (κ1) is 28.9. The van der Waals surface area contributed by atoms with E-state index in [2.05, 4.69) is 72.8 Å². The second kappa shape index (κ2) is 13.9. The molecule has 4 heterocycles. The Morgan fingerprint density at radius 3 is 1.37 bits per heavy atom. The summed E-state index contributed by atoms with van der Waals surface area (Å²) < 4.78 is 12.2. The number of aliphatic imine (C=N–C) groups is 2. The van der Waals surface area contributed by atoms with Gasteiger partial charge in [-0.05, 0) is 87.0 Å². The number of pyridine rings is 1. The van der Waals surface area contributed by atoms with E-state index in [1.54, 1.807) is 0 Å². The standard InChI is InChI=1S/C41H33N3O2/c1-5-32-21-40(11-1)45-28-38-9-4-10-39(44-38)29-46-41-12-2-6-33(22-41)27-43-25-31-15-19-35(20-16-31)37-8-3-7-36(23-37)34-17-13-30(14-18-34)24-42-26-32/h1-23,26-27H,24-25,28-29H2. The Balaban J connectivity index is 1.15. The van der Waals surface area contributed by atoms with Crippen LogP contribution >= 0.6 is 0 Å². The molecule has 0 unspecified atom stereocenters. The molecule has 5 aromatic carbocycles. The normalized spacial score (nSPS) is 13.0. The first-order chi connectivity index (χ1) is 22.7. The zero-order valence-electron chi connectivity index (χ0n) is 25.4. The van der Waals surface area contributed by atoms with Crippen LogP contribution in [0.1, 0.15) is 33.6 Å². The number of benzene rings is 5. The van der Waals surface area contributed by atoms with Crippen molar-refractivity contribution in [2.45, 2.75) is 26.3 Å². The van der Waals surface area contributed by atoms with Gasteiger partial charge in [-0.3, -0.25) is 15.0 Å². The predicted octanol–water partition coefficient (Wildman–Crippen LogP) is 9.13. The molecule has 224 valence electrons. The smallest absolute Gasteiger partial charge is 0.130 e. The molecule has 9 rings (SSSR count). The monoisotopic (exact) mass is 599 g/mol. The van der Waals surface area contributed by atoms with E-state index in [1.807, 2.05) is 79.2 Å². The van der Waals surface area contributed by atoms with E-state index in [0.29, 0.717) is 26.3 Å². The SMILES string of the molecule is C1=NCc2ccc(cc2)-c2cccc(c2)-c2ccc(cc2)CN=Cc2cccc(c2)OCc2cccc(n2)COc2cccc1c2. The predicted molar refractivity (Wildman–Crippen MR) is 186 cm³/mol. The summed E-state index contributed by atoms with van der Waals surface area (Å²) in [6.07, 6.45) is 3.79. The van der Waals surface area contributed by atoms with Gasteiger partial charge in [0.25, 0.3) is 0 Å². The molecule has 0 saturated carbocycles. The van der Waals surface area contributed by atoms with Gasteiger partial charge in [0.1, 0.15) is 24.7 Å². The molecular weight excluding hydrogens is 566 g/mol. The minimum Gasteiger partial charge on any atom is -0.487 e. The Hall–Kier alpha value is -5.81. The van der Waals surface area contributed by atoms with Crippen molar-refractivity contribution in [2.24, 2.45) is 9.98 Å². The van der Waals surface area contributed by atoms with Crippen molar-refractivity contribution in [1.29, 1.82) is 0 Å².